The van der Waals surface area contributed by atoms with Gasteiger partial charge in [0.1, 0.15) is 11.3 Å². The van der Waals surface area contributed by atoms with Gasteiger partial charge in [0, 0.05) is 11.9 Å². The van der Waals surface area contributed by atoms with E-state index in [9.17, 15) is 14.7 Å². The summed E-state index contributed by atoms with van der Waals surface area (Å²) in [4.78, 5) is 35.1. The summed E-state index contributed by atoms with van der Waals surface area (Å²) in [6.07, 6.45) is -0.872. The number of carbonyl (C=O) groups is 2. The van der Waals surface area contributed by atoms with Crippen molar-refractivity contribution in [3.8, 4) is 5.75 Å². The van der Waals surface area contributed by atoms with Crippen molar-refractivity contribution in [3.05, 3.63) is 71.9 Å². The smallest absolute Gasteiger partial charge is 0.258 e. The number of nitrogens with one attached hydrogen (secondary N) is 1. The van der Waals surface area contributed by atoms with Gasteiger partial charge < -0.3 is 5.11 Å². The lowest BCUT2D eigenvalue weighted by Crippen LogP contribution is -2.33. The Morgan fingerprint density at radius 1 is 1.00 bits per heavy atom. The van der Waals surface area contributed by atoms with Crippen molar-refractivity contribution in [1.29, 1.82) is 0 Å². The first-order valence-corrected chi connectivity index (χ1v) is 9.02. The highest BCUT2D eigenvalue weighted by Gasteiger charge is 2.56. The first-order valence-electron chi connectivity index (χ1n) is 9.02. The molecule has 0 radical (unpaired) electrons. The zero-order chi connectivity index (χ0) is 19.3. The molecule has 7 nitrogen and oxygen atoms in total. The Kier molecular flexibility index (Phi) is 3.85. The first kappa shape index (κ1) is 16.9. The number of phenols is 1. The number of phenolic OH excluding ortho intramolecular Hbond substituents is 1. The fourth-order valence-corrected chi connectivity index (χ4v) is 3.93. The summed E-state index contributed by atoms with van der Waals surface area (Å²) in [5.41, 5.74) is 2.01. The van der Waals surface area contributed by atoms with Crippen LogP contribution < -0.4 is 5.32 Å². The van der Waals surface area contributed by atoms with Crippen LogP contribution in [0.15, 0.2) is 60.7 Å². The number of rotatable bonds is 3. The molecule has 2 aromatic carbocycles. The molecule has 3 atom stereocenters. The van der Waals surface area contributed by atoms with E-state index in [-0.39, 0.29) is 11.7 Å². The van der Waals surface area contributed by atoms with Crippen molar-refractivity contribution in [2.24, 2.45) is 5.92 Å². The topological polar surface area (TPSA) is 91.8 Å². The van der Waals surface area contributed by atoms with Crippen LogP contribution in [0.2, 0.25) is 0 Å². The molecule has 2 amide bonds. The molecule has 0 aliphatic carbocycles. The van der Waals surface area contributed by atoms with Gasteiger partial charge in [-0.15, -0.1) is 0 Å². The summed E-state index contributed by atoms with van der Waals surface area (Å²) in [6, 6.07) is 18.0. The molecule has 2 aliphatic rings. The third-order valence-corrected chi connectivity index (χ3v) is 5.24. The molecule has 1 aromatic heterocycles. The van der Waals surface area contributed by atoms with Crippen LogP contribution in [0.4, 0.5) is 0 Å². The van der Waals surface area contributed by atoms with E-state index < -0.39 is 24.0 Å². The highest BCUT2D eigenvalue weighted by molar-refractivity contribution is 6.07. The minimum Gasteiger partial charge on any atom is -0.506 e. The van der Waals surface area contributed by atoms with Crippen LogP contribution in [-0.2, 0) is 21.0 Å². The number of amides is 2. The molecule has 3 heterocycles. The molecule has 7 heteroatoms. The Hall–Kier alpha value is -3.29. The third-order valence-electron chi connectivity index (χ3n) is 5.24. The van der Waals surface area contributed by atoms with Crippen LogP contribution >= 0.6 is 0 Å². The minimum absolute atomic E-state index is 0.0661. The van der Waals surface area contributed by atoms with E-state index in [1.54, 1.807) is 17.2 Å². The lowest BCUT2D eigenvalue weighted by atomic mass is 9.93. The van der Waals surface area contributed by atoms with Crippen LogP contribution in [-0.4, -0.2) is 33.1 Å². The Morgan fingerprint density at radius 2 is 1.82 bits per heavy atom. The molecular weight excluding hydrogens is 358 g/mol. The maximum Gasteiger partial charge on any atom is 0.258 e. The highest BCUT2D eigenvalue weighted by atomic mass is 16.7. The number of aromatic nitrogens is 1. The maximum atomic E-state index is 12.5. The van der Waals surface area contributed by atoms with Crippen LogP contribution in [0.1, 0.15) is 17.3 Å². The SMILES string of the molecule is O=C1NC(=O)C2C1ON(Cc1ccccc1)C2c1ccc2cccc(O)c2n1. The fourth-order valence-electron chi connectivity index (χ4n) is 3.93. The second-order valence-corrected chi connectivity index (χ2v) is 7.00. The Labute approximate surface area is 160 Å². The van der Waals surface area contributed by atoms with Gasteiger partial charge in [0.15, 0.2) is 6.10 Å². The van der Waals surface area contributed by atoms with Crippen molar-refractivity contribution < 1.29 is 19.5 Å². The van der Waals surface area contributed by atoms with Gasteiger partial charge in [-0.2, -0.15) is 5.06 Å². The standard InChI is InChI=1S/C21H17N3O4/c25-15-8-4-7-13-9-10-14(22-17(13)15)18-16-19(21(27)23-20(16)26)28-24(18)11-12-5-2-1-3-6-12/h1-10,16,18-19,25H,11H2,(H,23,26,27). The number of carbonyl (C=O) groups excluding carboxylic acids is 2. The number of hydrogen-bond donors (Lipinski definition) is 2. The second kappa shape index (κ2) is 6.40. The predicted octanol–water partition coefficient (Wildman–Crippen LogP) is 2.07. The number of pyridine rings is 1. The average molecular weight is 375 g/mol. The summed E-state index contributed by atoms with van der Waals surface area (Å²) in [7, 11) is 0. The summed E-state index contributed by atoms with van der Waals surface area (Å²) in [6.45, 7) is 0.402. The van der Waals surface area contributed by atoms with E-state index >= 15 is 0 Å². The van der Waals surface area contributed by atoms with Gasteiger partial charge in [0.25, 0.3) is 5.91 Å². The summed E-state index contributed by atoms with van der Waals surface area (Å²) in [5, 5.41) is 15.0. The first-order chi connectivity index (χ1) is 13.6. The van der Waals surface area contributed by atoms with Crippen molar-refractivity contribution >= 4 is 22.7 Å². The second-order valence-electron chi connectivity index (χ2n) is 7.00. The lowest BCUT2D eigenvalue weighted by molar-refractivity contribution is -0.179. The molecule has 0 saturated carbocycles. The molecule has 5 rings (SSSR count). The molecule has 0 spiro atoms. The van der Waals surface area contributed by atoms with E-state index in [1.807, 2.05) is 48.5 Å². The molecule has 3 unspecified atom stereocenters. The quantitative estimate of drug-likeness (QED) is 0.681. The van der Waals surface area contributed by atoms with Gasteiger partial charge in [-0.25, -0.2) is 4.98 Å². The number of hydroxylamine groups is 2. The molecular formula is C21H17N3O4. The number of nitrogens with zero attached hydrogens (tertiary/aromatic N) is 2. The maximum absolute atomic E-state index is 12.5. The van der Waals surface area contributed by atoms with Crippen LogP contribution in [0.3, 0.4) is 0 Å². The molecule has 0 bridgehead atoms. The molecule has 2 fully saturated rings. The molecule has 3 aromatic rings. The summed E-state index contributed by atoms with van der Waals surface area (Å²) < 4.78 is 0. The van der Waals surface area contributed by atoms with Crippen molar-refractivity contribution in [2.45, 2.75) is 18.7 Å². The number of para-hydroxylation sites is 1. The highest BCUT2D eigenvalue weighted by Crippen LogP contribution is 2.42. The monoisotopic (exact) mass is 375 g/mol. The summed E-state index contributed by atoms with van der Waals surface area (Å²) in [5.74, 6) is -1.42. The summed E-state index contributed by atoms with van der Waals surface area (Å²) >= 11 is 0. The Bertz CT molecular complexity index is 1090. The van der Waals surface area contributed by atoms with E-state index in [1.165, 1.54) is 0 Å². The van der Waals surface area contributed by atoms with Crippen molar-refractivity contribution in [3.63, 3.8) is 0 Å². The van der Waals surface area contributed by atoms with E-state index in [4.69, 9.17) is 4.84 Å². The molecule has 2 aliphatic heterocycles. The largest absolute Gasteiger partial charge is 0.506 e. The Morgan fingerprint density at radius 3 is 2.64 bits per heavy atom. The fraction of sp³-hybridized carbons (Fsp3) is 0.190. The van der Waals surface area contributed by atoms with Crippen molar-refractivity contribution in [1.82, 2.24) is 15.4 Å². The zero-order valence-corrected chi connectivity index (χ0v) is 14.8. The number of imide groups is 1. The van der Waals surface area contributed by atoms with Crippen molar-refractivity contribution in [2.75, 3.05) is 0 Å². The van der Waals surface area contributed by atoms with Crippen LogP contribution in [0.25, 0.3) is 10.9 Å². The van der Waals surface area contributed by atoms with Crippen LogP contribution in [0.5, 0.6) is 5.75 Å². The normalized spacial score (nSPS) is 24.5. The molecule has 2 saturated heterocycles. The van der Waals surface area contributed by atoms with E-state index in [0.717, 1.165) is 10.9 Å². The van der Waals surface area contributed by atoms with Gasteiger partial charge in [-0.05, 0) is 17.7 Å². The van der Waals surface area contributed by atoms with Gasteiger partial charge >= 0.3 is 0 Å². The minimum atomic E-state index is -0.872. The van der Waals surface area contributed by atoms with Gasteiger partial charge in [0.2, 0.25) is 5.91 Å². The van der Waals surface area contributed by atoms with Gasteiger partial charge in [-0.3, -0.25) is 19.7 Å². The molecule has 140 valence electrons. The third kappa shape index (κ3) is 2.64. The number of aromatic hydroxyl groups is 1. The Balaban J connectivity index is 1.59. The van der Waals surface area contributed by atoms with E-state index in [0.29, 0.717) is 17.8 Å². The number of benzene rings is 2. The van der Waals surface area contributed by atoms with E-state index in [2.05, 4.69) is 10.3 Å². The lowest BCUT2D eigenvalue weighted by Gasteiger charge is -2.24. The van der Waals surface area contributed by atoms with Gasteiger partial charge in [-0.1, -0.05) is 48.5 Å². The predicted molar refractivity (Wildman–Crippen MR) is 99.6 cm³/mol. The number of hydrogen-bond acceptors (Lipinski definition) is 6. The number of fused-ring (bicyclic) bond motifs is 2. The molecule has 2 N–H and O–H groups in total. The molecule has 28 heavy (non-hydrogen) atoms. The van der Waals surface area contributed by atoms with Gasteiger partial charge in [0.05, 0.1) is 17.7 Å². The zero-order valence-electron chi connectivity index (χ0n) is 14.8. The van der Waals surface area contributed by atoms with Crippen LogP contribution in [0, 0.1) is 5.92 Å². The average Bonchev–Trinajstić information content (AvgIpc) is 3.20.